The lowest BCUT2D eigenvalue weighted by molar-refractivity contribution is 0.0447. The Hall–Kier alpha value is -2.95. The number of aliphatic hydroxyl groups is 1. The van der Waals surface area contributed by atoms with Gasteiger partial charge in [-0.3, -0.25) is 9.69 Å². The second-order valence-electron chi connectivity index (χ2n) is 9.23. The molecule has 1 aromatic carbocycles. The SMILES string of the molecule is C[C@]1(CO)Cc2cc(NC(=O)c3cnn4cc(Cl)ccc34)c(N3CCN(CC(F)F)CC3)cc2O1. The van der Waals surface area contributed by atoms with Crippen LogP contribution in [0.15, 0.2) is 36.7 Å². The van der Waals surface area contributed by atoms with Gasteiger partial charge in [0, 0.05) is 50.4 Å². The number of hydrogen-bond acceptors (Lipinski definition) is 6. The minimum Gasteiger partial charge on any atom is -0.484 e. The lowest BCUT2D eigenvalue weighted by Crippen LogP contribution is -2.48. The fraction of sp³-hybridized carbons (Fsp3) is 0.417. The summed E-state index contributed by atoms with van der Waals surface area (Å²) in [5.74, 6) is 0.318. The third-order valence-corrected chi connectivity index (χ3v) is 6.74. The van der Waals surface area contributed by atoms with Crippen LogP contribution in [0.4, 0.5) is 20.2 Å². The van der Waals surface area contributed by atoms with E-state index in [1.165, 1.54) is 6.20 Å². The number of pyridine rings is 1. The molecule has 1 atom stereocenters. The summed E-state index contributed by atoms with van der Waals surface area (Å²) in [6.07, 6.45) is 1.24. The van der Waals surface area contributed by atoms with E-state index in [2.05, 4.69) is 15.3 Å². The number of fused-ring (bicyclic) bond motifs is 2. The monoisotopic (exact) mass is 505 g/mol. The van der Waals surface area contributed by atoms with Crippen LogP contribution in [0.5, 0.6) is 5.75 Å². The highest BCUT2D eigenvalue weighted by molar-refractivity contribution is 6.30. The average Bonchev–Trinajstić information content (AvgIpc) is 3.38. The number of carbonyl (C=O) groups is 1. The molecular formula is C24H26ClF2N5O3. The zero-order chi connectivity index (χ0) is 24.7. The predicted octanol–water partition coefficient (Wildman–Crippen LogP) is 3.31. The van der Waals surface area contributed by atoms with Crippen LogP contribution in [0.25, 0.3) is 5.52 Å². The van der Waals surface area contributed by atoms with Gasteiger partial charge in [-0.05, 0) is 25.1 Å². The standard InChI is InChI=1S/C24H26ClF2N5O3/c1-24(14-33)10-15-8-18(29-23(34)17-11-28-32-12-16(25)2-3-19(17)32)20(9-21(15)35-24)31-6-4-30(5-7-31)13-22(26)27/h2-3,8-9,11-12,22,33H,4-7,10,13-14H2,1H3,(H,29,34)/t24-/m1/s1. The summed E-state index contributed by atoms with van der Waals surface area (Å²) in [7, 11) is 0. The summed E-state index contributed by atoms with van der Waals surface area (Å²) in [6.45, 7) is 3.46. The second-order valence-corrected chi connectivity index (χ2v) is 9.67. The van der Waals surface area contributed by atoms with E-state index in [9.17, 15) is 18.7 Å². The zero-order valence-electron chi connectivity index (χ0n) is 19.2. The third kappa shape index (κ3) is 4.78. The number of aliphatic hydroxyl groups excluding tert-OH is 1. The Balaban J connectivity index is 1.45. The zero-order valence-corrected chi connectivity index (χ0v) is 19.9. The number of alkyl halides is 2. The van der Waals surface area contributed by atoms with Crippen molar-refractivity contribution in [2.75, 3.05) is 49.5 Å². The van der Waals surface area contributed by atoms with Gasteiger partial charge in [0.1, 0.15) is 11.4 Å². The molecule has 2 aliphatic heterocycles. The highest BCUT2D eigenvalue weighted by atomic mass is 35.5. The van der Waals surface area contributed by atoms with E-state index in [1.54, 1.807) is 27.7 Å². The Morgan fingerprint density at radius 3 is 2.77 bits per heavy atom. The summed E-state index contributed by atoms with van der Waals surface area (Å²) < 4.78 is 33.2. The first-order valence-corrected chi connectivity index (χ1v) is 11.8. The molecule has 4 heterocycles. The van der Waals surface area contributed by atoms with Gasteiger partial charge in [-0.1, -0.05) is 11.6 Å². The topological polar surface area (TPSA) is 82.3 Å². The number of amides is 1. The molecule has 2 aromatic heterocycles. The molecule has 5 rings (SSSR count). The maximum atomic E-state index is 13.3. The molecule has 11 heteroatoms. The van der Waals surface area contributed by atoms with Crippen LogP contribution in [-0.2, 0) is 6.42 Å². The molecule has 0 aliphatic carbocycles. The summed E-state index contributed by atoms with van der Waals surface area (Å²) in [5, 5.41) is 17.5. The van der Waals surface area contributed by atoms with Crippen molar-refractivity contribution in [2.24, 2.45) is 0 Å². The van der Waals surface area contributed by atoms with Crippen LogP contribution in [0.2, 0.25) is 5.02 Å². The van der Waals surface area contributed by atoms with Crippen molar-refractivity contribution in [2.45, 2.75) is 25.4 Å². The van der Waals surface area contributed by atoms with Crippen molar-refractivity contribution in [3.05, 3.63) is 52.8 Å². The number of benzene rings is 1. The normalized spacial score (nSPS) is 20.3. The highest BCUT2D eigenvalue weighted by Gasteiger charge is 2.36. The van der Waals surface area contributed by atoms with Gasteiger partial charge in [-0.2, -0.15) is 5.10 Å². The number of halogens is 3. The van der Waals surface area contributed by atoms with Gasteiger partial charge in [0.05, 0.1) is 46.8 Å². The van der Waals surface area contributed by atoms with Gasteiger partial charge in [0.25, 0.3) is 12.3 Å². The smallest absolute Gasteiger partial charge is 0.259 e. The number of carbonyl (C=O) groups excluding carboxylic acids is 1. The van der Waals surface area contributed by atoms with Crippen LogP contribution in [0.1, 0.15) is 22.8 Å². The number of rotatable bonds is 6. The van der Waals surface area contributed by atoms with E-state index in [1.807, 2.05) is 19.1 Å². The minimum absolute atomic E-state index is 0.143. The summed E-state index contributed by atoms with van der Waals surface area (Å²) >= 11 is 6.03. The molecule has 1 saturated heterocycles. The number of nitrogens with zero attached hydrogens (tertiary/aromatic N) is 4. The second kappa shape index (κ2) is 9.25. The van der Waals surface area contributed by atoms with Crippen LogP contribution in [-0.4, -0.2) is 76.9 Å². The number of piperazine rings is 1. The van der Waals surface area contributed by atoms with E-state index in [-0.39, 0.29) is 19.1 Å². The summed E-state index contributed by atoms with van der Waals surface area (Å²) in [4.78, 5) is 17.1. The minimum atomic E-state index is -2.37. The largest absolute Gasteiger partial charge is 0.484 e. The Morgan fingerprint density at radius 2 is 2.06 bits per heavy atom. The molecule has 2 N–H and O–H groups in total. The number of aromatic nitrogens is 2. The first-order valence-electron chi connectivity index (χ1n) is 11.4. The molecule has 0 radical (unpaired) electrons. The van der Waals surface area contributed by atoms with Crippen LogP contribution in [0, 0.1) is 0 Å². The van der Waals surface area contributed by atoms with Crippen LogP contribution >= 0.6 is 11.6 Å². The molecule has 2 aliphatic rings. The molecule has 8 nitrogen and oxygen atoms in total. The van der Waals surface area contributed by atoms with E-state index >= 15 is 0 Å². The lowest BCUT2D eigenvalue weighted by Gasteiger charge is -2.37. The van der Waals surface area contributed by atoms with Gasteiger partial charge < -0.3 is 20.1 Å². The maximum absolute atomic E-state index is 13.3. The molecule has 3 aromatic rings. The molecule has 1 fully saturated rings. The Bertz CT molecular complexity index is 1260. The van der Waals surface area contributed by atoms with Gasteiger partial charge >= 0.3 is 0 Å². The number of anilines is 2. The molecule has 0 bridgehead atoms. The Morgan fingerprint density at radius 1 is 1.29 bits per heavy atom. The number of hydrogen-bond donors (Lipinski definition) is 2. The van der Waals surface area contributed by atoms with Crippen molar-refractivity contribution in [1.82, 2.24) is 14.5 Å². The average molecular weight is 506 g/mol. The third-order valence-electron chi connectivity index (χ3n) is 6.52. The first kappa shape index (κ1) is 23.8. The van der Waals surface area contributed by atoms with E-state index < -0.39 is 12.0 Å². The fourth-order valence-electron chi connectivity index (χ4n) is 4.69. The molecule has 0 unspecified atom stereocenters. The molecule has 1 amide bonds. The van der Waals surface area contributed by atoms with Gasteiger partial charge in [0.15, 0.2) is 0 Å². The van der Waals surface area contributed by atoms with E-state index in [0.29, 0.717) is 60.1 Å². The molecular weight excluding hydrogens is 480 g/mol. The van der Waals surface area contributed by atoms with Crippen LogP contribution < -0.4 is 15.0 Å². The quantitative estimate of drug-likeness (QED) is 0.535. The number of ether oxygens (including phenoxy) is 1. The fourth-order valence-corrected chi connectivity index (χ4v) is 4.85. The van der Waals surface area contributed by atoms with E-state index in [0.717, 1.165) is 11.3 Å². The van der Waals surface area contributed by atoms with Crippen molar-refractivity contribution >= 4 is 34.4 Å². The molecule has 0 saturated carbocycles. The Labute approximate surface area is 206 Å². The predicted molar refractivity (Wildman–Crippen MR) is 129 cm³/mol. The summed E-state index contributed by atoms with van der Waals surface area (Å²) in [5.41, 5.74) is 2.49. The van der Waals surface area contributed by atoms with Gasteiger partial charge in [-0.25, -0.2) is 13.3 Å². The lowest BCUT2D eigenvalue weighted by atomic mass is 9.99. The van der Waals surface area contributed by atoms with Crippen LogP contribution in [0.3, 0.4) is 0 Å². The van der Waals surface area contributed by atoms with Crippen molar-refractivity contribution in [3.63, 3.8) is 0 Å². The number of nitrogens with one attached hydrogen (secondary N) is 1. The Kier molecular flexibility index (Phi) is 6.29. The molecule has 0 spiro atoms. The highest BCUT2D eigenvalue weighted by Crippen LogP contribution is 2.42. The maximum Gasteiger partial charge on any atom is 0.259 e. The summed E-state index contributed by atoms with van der Waals surface area (Å²) in [6, 6.07) is 7.17. The first-order chi connectivity index (χ1) is 16.7. The molecule has 35 heavy (non-hydrogen) atoms. The van der Waals surface area contributed by atoms with Crippen molar-refractivity contribution < 1.29 is 23.4 Å². The van der Waals surface area contributed by atoms with E-state index in [4.69, 9.17) is 16.3 Å². The van der Waals surface area contributed by atoms with Crippen molar-refractivity contribution in [3.8, 4) is 5.75 Å². The van der Waals surface area contributed by atoms with Gasteiger partial charge in [0.2, 0.25) is 0 Å². The van der Waals surface area contributed by atoms with Crippen molar-refractivity contribution in [1.29, 1.82) is 0 Å². The van der Waals surface area contributed by atoms with Gasteiger partial charge in [-0.15, -0.1) is 0 Å². The molecule has 186 valence electrons.